The number of aromatic nitrogens is 3. The number of rotatable bonds is 11. The fraction of sp³-hybridized carbons (Fsp3) is 0.458. The number of carbonyl (C=O) groups excluding carboxylic acids is 1. The SMILES string of the molecule is CCCCC(C)(CO)Nc1cc(NCc2ccc(NC(=O)C3CC3)cc2)n2ncc(Br)c2n1. The highest BCUT2D eigenvalue weighted by molar-refractivity contribution is 9.10. The Bertz CT molecular complexity index is 1110. The minimum atomic E-state index is -0.453. The number of carbonyl (C=O) groups is 1. The fourth-order valence-corrected chi connectivity index (χ4v) is 4.02. The zero-order chi connectivity index (χ0) is 23.4. The number of unbranched alkanes of at least 4 members (excludes halogenated alkanes) is 1. The summed E-state index contributed by atoms with van der Waals surface area (Å²) in [6, 6.07) is 9.77. The molecule has 3 aromatic rings. The summed E-state index contributed by atoms with van der Waals surface area (Å²) in [6.45, 7) is 4.75. The van der Waals surface area contributed by atoms with E-state index in [2.05, 4.69) is 43.9 Å². The topological polar surface area (TPSA) is 104 Å². The van der Waals surface area contributed by atoms with Crippen LogP contribution in [0.2, 0.25) is 0 Å². The number of amides is 1. The molecule has 4 rings (SSSR count). The van der Waals surface area contributed by atoms with Crippen molar-refractivity contribution in [2.75, 3.05) is 22.6 Å². The summed E-state index contributed by atoms with van der Waals surface area (Å²) >= 11 is 3.53. The molecular formula is C24H31BrN6O2. The van der Waals surface area contributed by atoms with Crippen molar-refractivity contribution in [2.45, 2.75) is 58.0 Å². The van der Waals surface area contributed by atoms with E-state index in [1.165, 1.54) is 0 Å². The van der Waals surface area contributed by atoms with Crippen molar-refractivity contribution in [3.05, 3.63) is 46.6 Å². The van der Waals surface area contributed by atoms with Crippen LogP contribution >= 0.6 is 15.9 Å². The number of anilines is 3. The van der Waals surface area contributed by atoms with Crippen molar-refractivity contribution in [1.82, 2.24) is 14.6 Å². The van der Waals surface area contributed by atoms with Crippen LogP contribution in [0.4, 0.5) is 17.3 Å². The molecule has 0 radical (unpaired) electrons. The van der Waals surface area contributed by atoms with Crippen molar-refractivity contribution in [3.8, 4) is 0 Å². The number of hydrogen-bond acceptors (Lipinski definition) is 6. The van der Waals surface area contributed by atoms with Crippen molar-refractivity contribution in [1.29, 1.82) is 0 Å². The van der Waals surface area contributed by atoms with Gasteiger partial charge in [-0.25, -0.2) is 4.98 Å². The first kappa shape index (κ1) is 23.5. The lowest BCUT2D eigenvalue weighted by atomic mass is 9.96. The van der Waals surface area contributed by atoms with Gasteiger partial charge in [0.05, 0.1) is 22.8 Å². The molecule has 0 bridgehead atoms. The van der Waals surface area contributed by atoms with E-state index < -0.39 is 5.54 Å². The third-order valence-corrected chi connectivity index (χ3v) is 6.49. The average Bonchev–Trinajstić information content (AvgIpc) is 3.61. The van der Waals surface area contributed by atoms with Gasteiger partial charge in [-0.2, -0.15) is 9.61 Å². The van der Waals surface area contributed by atoms with Gasteiger partial charge in [0.2, 0.25) is 5.91 Å². The number of aliphatic hydroxyl groups excluding tert-OH is 1. The molecule has 1 aliphatic rings. The molecule has 0 spiro atoms. The third kappa shape index (κ3) is 5.83. The Morgan fingerprint density at radius 1 is 1.30 bits per heavy atom. The van der Waals surface area contributed by atoms with Crippen molar-refractivity contribution in [3.63, 3.8) is 0 Å². The Labute approximate surface area is 202 Å². The molecule has 2 heterocycles. The lowest BCUT2D eigenvalue weighted by molar-refractivity contribution is -0.117. The molecular weight excluding hydrogens is 484 g/mol. The number of benzene rings is 1. The molecule has 1 aliphatic carbocycles. The molecule has 1 atom stereocenters. The Morgan fingerprint density at radius 2 is 2.06 bits per heavy atom. The fourth-order valence-electron chi connectivity index (χ4n) is 3.67. The summed E-state index contributed by atoms with van der Waals surface area (Å²) < 4.78 is 2.55. The molecule has 1 unspecified atom stereocenters. The first-order valence-electron chi connectivity index (χ1n) is 11.5. The van der Waals surface area contributed by atoms with Crippen molar-refractivity contribution < 1.29 is 9.90 Å². The van der Waals surface area contributed by atoms with Crippen LogP contribution in [0.1, 0.15) is 51.5 Å². The second-order valence-corrected chi connectivity index (χ2v) is 9.87. The zero-order valence-corrected chi connectivity index (χ0v) is 20.7. The maximum Gasteiger partial charge on any atom is 0.227 e. The van der Waals surface area contributed by atoms with Gasteiger partial charge in [-0.3, -0.25) is 4.79 Å². The molecule has 1 saturated carbocycles. The van der Waals surface area contributed by atoms with E-state index in [-0.39, 0.29) is 18.4 Å². The van der Waals surface area contributed by atoms with Crippen LogP contribution in [0.5, 0.6) is 0 Å². The van der Waals surface area contributed by atoms with Gasteiger partial charge in [-0.05, 0) is 59.8 Å². The van der Waals surface area contributed by atoms with E-state index in [4.69, 9.17) is 4.98 Å². The van der Waals surface area contributed by atoms with Gasteiger partial charge in [-0.1, -0.05) is 31.9 Å². The Hall–Kier alpha value is -2.65. The monoisotopic (exact) mass is 514 g/mol. The predicted octanol–water partition coefficient (Wildman–Crippen LogP) is 4.81. The van der Waals surface area contributed by atoms with Crippen LogP contribution in [-0.4, -0.2) is 37.8 Å². The van der Waals surface area contributed by atoms with Crippen LogP contribution < -0.4 is 16.0 Å². The summed E-state index contributed by atoms with van der Waals surface area (Å²) in [4.78, 5) is 16.6. The number of fused-ring (bicyclic) bond motifs is 1. The van der Waals surface area contributed by atoms with Gasteiger partial charge >= 0.3 is 0 Å². The predicted molar refractivity (Wildman–Crippen MR) is 134 cm³/mol. The van der Waals surface area contributed by atoms with Crippen LogP contribution in [0, 0.1) is 5.92 Å². The lowest BCUT2D eigenvalue weighted by Crippen LogP contribution is -2.39. The van der Waals surface area contributed by atoms with Gasteiger partial charge in [0.15, 0.2) is 5.65 Å². The molecule has 0 aliphatic heterocycles. The smallest absolute Gasteiger partial charge is 0.227 e. The summed E-state index contributed by atoms with van der Waals surface area (Å²) in [6.07, 6.45) is 6.63. The normalized spacial score (nSPS) is 15.3. The molecule has 1 fully saturated rings. The Balaban J connectivity index is 1.49. The lowest BCUT2D eigenvalue weighted by Gasteiger charge is -2.29. The van der Waals surface area contributed by atoms with Crippen LogP contribution in [0.25, 0.3) is 5.65 Å². The largest absolute Gasteiger partial charge is 0.394 e. The molecule has 4 N–H and O–H groups in total. The highest BCUT2D eigenvalue weighted by Gasteiger charge is 2.29. The highest BCUT2D eigenvalue weighted by atomic mass is 79.9. The maximum atomic E-state index is 11.9. The summed E-state index contributed by atoms with van der Waals surface area (Å²) in [5, 5.41) is 24.2. The summed E-state index contributed by atoms with van der Waals surface area (Å²) in [7, 11) is 0. The van der Waals surface area contributed by atoms with E-state index in [0.717, 1.165) is 53.6 Å². The van der Waals surface area contributed by atoms with E-state index in [0.29, 0.717) is 18.0 Å². The van der Waals surface area contributed by atoms with Crippen LogP contribution in [-0.2, 0) is 11.3 Å². The van der Waals surface area contributed by atoms with Gasteiger partial charge < -0.3 is 21.1 Å². The summed E-state index contributed by atoms with van der Waals surface area (Å²) in [5.41, 5.74) is 2.13. The summed E-state index contributed by atoms with van der Waals surface area (Å²) in [5.74, 6) is 1.76. The Morgan fingerprint density at radius 3 is 2.73 bits per heavy atom. The van der Waals surface area contributed by atoms with E-state index in [9.17, 15) is 9.90 Å². The molecule has 0 saturated heterocycles. The van der Waals surface area contributed by atoms with Crippen molar-refractivity contribution >= 4 is 44.8 Å². The second kappa shape index (κ2) is 10.1. The number of halogens is 1. The molecule has 8 nitrogen and oxygen atoms in total. The highest BCUT2D eigenvalue weighted by Crippen LogP contribution is 2.30. The molecule has 33 heavy (non-hydrogen) atoms. The van der Waals surface area contributed by atoms with E-state index in [1.807, 2.05) is 37.3 Å². The van der Waals surface area contributed by atoms with E-state index >= 15 is 0 Å². The first-order chi connectivity index (χ1) is 15.9. The molecule has 2 aromatic heterocycles. The third-order valence-electron chi connectivity index (χ3n) is 5.93. The van der Waals surface area contributed by atoms with Gasteiger partial charge in [0, 0.05) is 24.2 Å². The Kier molecular flexibility index (Phi) is 7.19. The van der Waals surface area contributed by atoms with Crippen molar-refractivity contribution in [2.24, 2.45) is 5.92 Å². The molecule has 1 amide bonds. The van der Waals surface area contributed by atoms with Crippen LogP contribution in [0.15, 0.2) is 41.0 Å². The van der Waals surface area contributed by atoms with Gasteiger partial charge in [0.1, 0.15) is 11.6 Å². The quantitative estimate of drug-likeness (QED) is 0.293. The zero-order valence-electron chi connectivity index (χ0n) is 19.1. The number of nitrogens with zero attached hydrogens (tertiary/aromatic N) is 3. The minimum Gasteiger partial charge on any atom is -0.394 e. The maximum absolute atomic E-state index is 11.9. The van der Waals surface area contributed by atoms with E-state index in [1.54, 1.807) is 10.7 Å². The second-order valence-electron chi connectivity index (χ2n) is 9.02. The molecule has 9 heteroatoms. The minimum absolute atomic E-state index is 0.0205. The first-order valence-corrected chi connectivity index (χ1v) is 12.3. The number of aliphatic hydroxyl groups is 1. The van der Waals surface area contributed by atoms with Gasteiger partial charge in [-0.15, -0.1) is 0 Å². The number of nitrogens with one attached hydrogen (secondary N) is 3. The average molecular weight is 515 g/mol. The number of hydrogen-bond donors (Lipinski definition) is 4. The van der Waals surface area contributed by atoms with Gasteiger partial charge in [0.25, 0.3) is 0 Å². The van der Waals surface area contributed by atoms with Crippen LogP contribution in [0.3, 0.4) is 0 Å². The standard InChI is InChI=1S/C24H31BrN6O2/c1-3-4-11-24(2,15-32)30-20-12-21(31-22(29-20)19(25)14-27-31)26-13-16-5-9-18(10-6-16)28-23(33)17-7-8-17/h5-6,9-10,12,14,17,26,32H,3-4,7-8,11,13,15H2,1-2H3,(H,28,33)(H,29,30). The molecule has 1 aromatic carbocycles. The molecule has 176 valence electrons.